The molecule has 34 heavy (non-hydrogen) atoms. The van der Waals surface area contributed by atoms with Crippen molar-refractivity contribution in [3.05, 3.63) is 11.6 Å². The van der Waals surface area contributed by atoms with Crippen LogP contribution in [0.3, 0.4) is 0 Å². The number of hydrogen-bond donors (Lipinski definition) is 3. The van der Waals surface area contributed by atoms with Gasteiger partial charge in [0.1, 0.15) is 11.9 Å². The molecule has 4 aliphatic carbocycles. The molecular formula is C30H50O4. The smallest absolute Gasteiger partial charge is 0.138 e. The van der Waals surface area contributed by atoms with Crippen molar-refractivity contribution in [1.29, 1.82) is 0 Å². The number of Topliss-reactive ketones (excluding diaryl/α,β-unsaturated/α-hetero) is 1. The third kappa shape index (κ3) is 3.60. The molecule has 0 heterocycles. The lowest BCUT2D eigenvalue weighted by Crippen LogP contribution is -2.57. The number of carbonyl (C=O) groups is 1. The first-order chi connectivity index (χ1) is 15.5. The van der Waals surface area contributed by atoms with Gasteiger partial charge in [-0.3, -0.25) is 4.79 Å². The van der Waals surface area contributed by atoms with E-state index in [0.717, 1.165) is 25.7 Å². The zero-order valence-corrected chi connectivity index (χ0v) is 22.9. The van der Waals surface area contributed by atoms with E-state index in [9.17, 15) is 20.1 Å². The van der Waals surface area contributed by atoms with Crippen molar-refractivity contribution in [3.63, 3.8) is 0 Å². The van der Waals surface area contributed by atoms with Gasteiger partial charge in [0.05, 0.1) is 11.7 Å². The molecule has 3 N–H and O–H groups in total. The van der Waals surface area contributed by atoms with Gasteiger partial charge in [-0.1, -0.05) is 53.2 Å². The highest BCUT2D eigenvalue weighted by Crippen LogP contribution is 2.73. The lowest BCUT2D eigenvalue weighted by Gasteiger charge is -2.63. The second kappa shape index (κ2) is 8.15. The van der Waals surface area contributed by atoms with Crippen molar-refractivity contribution in [2.24, 2.45) is 45.3 Å². The van der Waals surface area contributed by atoms with E-state index in [1.165, 1.54) is 19.3 Å². The topological polar surface area (TPSA) is 77.8 Å². The number of fused-ring (bicyclic) bond motifs is 5. The van der Waals surface area contributed by atoms with E-state index >= 15 is 0 Å². The molecule has 4 aliphatic rings. The minimum absolute atomic E-state index is 0.147. The van der Waals surface area contributed by atoms with Crippen LogP contribution in [-0.2, 0) is 4.79 Å². The molecular weight excluding hydrogens is 424 g/mol. The third-order valence-electron chi connectivity index (χ3n) is 12.0. The predicted octanol–water partition coefficient (Wildman–Crippen LogP) is 5.68. The summed E-state index contributed by atoms with van der Waals surface area (Å²) in [6, 6.07) is 0. The van der Waals surface area contributed by atoms with Crippen LogP contribution in [0, 0.1) is 45.3 Å². The SMILES string of the molecule is C[C@@H](C[C@H](O)[C@H](O)C(C)(C)O)[C@@H]1CC[C@]2(C)C3=CC[C@H]4C(C)(C)C(=O)CC[C@]4(C)[C@H]3CC[C@@]12C. The molecule has 0 bridgehead atoms. The van der Waals surface area contributed by atoms with E-state index in [1.807, 2.05) is 0 Å². The molecule has 3 fully saturated rings. The van der Waals surface area contributed by atoms with Crippen LogP contribution >= 0.6 is 0 Å². The normalized spacial score (nSPS) is 44.4. The van der Waals surface area contributed by atoms with Crippen LogP contribution in [0.1, 0.15) is 107 Å². The summed E-state index contributed by atoms with van der Waals surface area (Å²) >= 11 is 0. The molecule has 194 valence electrons. The Morgan fingerprint density at radius 3 is 2.32 bits per heavy atom. The monoisotopic (exact) mass is 474 g/mol. The van der Waals surface area contributed by atoms with Crippen LogP contribution in [0.15, 0.2) is 11.6 Å². The van der Waals surface area contributed by atoms with Gasteiger partial charge in [-0.25, -0.2) is 0 Å². The summed E-state index contributed by atoms with van der Waals surface area (Å²) in [5, 5.41) is 31.3. The van der Waals surface area contributed by atoms with Crippen molar-refractivity contribution in [2.75, 3.05) is 0 Å². The van der Waals surface area contributed by atoms with Gasteiger partial charge in [0, 0.05) is 11.8 Å². The molecule has 0 saturated heterocycles. The van der Waals surface area contributed by atoms with Crippen LogP contribution < -0.4 is 0 Å². The molecule has 0 aromatic rings. The highest BCUT2D eigenvalue weighted by molar-refractivity contribution is 5.85. The molecule has 0 amide bonds. The zero-order valence-electron chi connectivity index (χ0n) is 22.9. The lowest BCUT2D eigenvalue weighted by molar-refractivity contribution is -0.146. The van der Waals surface area contributed by atoms with Crippen molar-refractivity contribution < 1.29 is 20.1 Å². The summed E-state index contributed by atoms with van der Waals surface area (Å²) in [6.45, 7) is 17.2. The minimum atomic E-state index is -1.31. The number of allylic oxidation sites excluding steroid dienone is 2. The Balaban J connectivity index is 1.60. The third-order valence-corrected chi connectivity index (χ3v) is 12.0. The minimum Gasteiger partial charge on any atom is -0.390 e. The van der Waals surface area contributed by atoms with Gasteiger partial charge in [-0.2, -0.15) is 0 Å². The quantitative estimate of drug-likeness (QED) is 0.448. The molecule has 0 unspecified atom stereocenters. The Hall–Kier alpha value is -0.710. The molecule has 4 rings (SSSR count). The fraction of sp³-hybridized carbons (Fsp3) is 0.900. The van der Waals surface area contributed by atoms with Gasteiger partial charge in [-0.15, -0.1) is 0 Å². The maximum absolute atomic E-state index is 12.8. The molecule has 4 nitrogen and oxygen atoms in total. The standard InChI is InChI=1S/C30H50O4/c1-18(17-22(31)25(33)27(4,5)34)19-11-15-30(8)21-9-10-23-26(2,3)24(32)13-14-28(23,6)20(21)12-16-29(19,30)7/h9,18-20,22-23,25,31,33-34H,10-17H2,1-8H3/t18-,19-,20-,22-,23-,25-,28+,29-,30+/m0/s1. The van der Waals surface area contributed by atoms with Crippen LogP contribution in [0.4, 0.5) is 0 Å². The van der Waals surface area contributed by atoms with E-state index in [2.05, 4.69) is 47.6 Å². The number of carbonyl (C=O) groups excluding carboxylic acids is 1. The van der Waals surface area contributed by atoms with Crippen LogP contribution in [-0.4, -0.2) is 38.9 Å². The van der Waals surface area contributed by atoms with E-state index < -0.39 is 17.8 Å². The highest BCUT2D eigenvalue weighted by Gasteiger charge is 2.65. The van der Waals surface area contributed by atoms with Crippen molar-refractivity contribution in [2.45, 2.75) is 125 Å². The van der Waals surface area contributed by atoms with Crippen molar-refractivity contribution >= 4 is 5.78 Å². The average molecular weight is 475 g/mol. The number of hydrogen-bond acceptors (Lipinski definition) is 4. The molecule has 0 aromatic heterocycles. The van der Waals surface area contributed by atoms with Gasteiger partial charge in [0.2, 0.25) is 0 Å². The zero-order chi connectivity index (χ0) is 25.5. The maximum Gasteiger partial charge on any atom is 0.138 e. The first-order valence-corrected chi connectivity index (χ1v) is 13.8. The van der Waals surface area contributed by atoms with Gasteiger partial charge in [-0.05, 0) is 98.7 Å². The highest BCUT2D eigenvalue weighted by atomic mass is 16.4. The molecule has 0 aromatic carbocycles. The first kappa shape index (κ1) is 26.4. The largest absolute Gasteiger partial charge is 0.390 e. The Morgan fingerprint density at radius 2 is 1.71 bits per heavy atom. The summed E-state index contributed by atoms with van der Waals surface area (Å²) in [6.07, 6.45) is 8.46. The van der Waals surface area contributed by atoms with Gasteiger partial charge in [0.15, 0.2) is 0 Å². The number of aliphatic hydroxyl groups is 3. The fourth-order valence-corrected chi connectivity index (χ4v) is 9.61. The molecule has 9 atom stereocenters. The number of ketones is 1. The van der Waals surface area contributed by atoms with Crippen LogP contribution in [0.5, 0.6) is 0 Å². The van der Waals surface area contributed by atoms with Crippen molar-refractivity contribution in [1.82, 2.24) is 0 Å². The summed E-state index contributed by atoms with van der Waals surface area (Å²) in [7, 11) is 0. The van der Waals surface area contributed by atoms with Crippen LogP contribution in [0.2, 0.25) is 0 Å². The second-order valence-corrected chi connectivity index (χ2v) is 14.5. The Bertz CT molecular complexity index is 852. The summed E-state index contributed by atoms with van der Waals surface area (Å²) in [4.78, 5) is 12.8. The Morgan fingerprint density at radius 1 is 1.06 bits per heavy atom. The summed E-state index contributed by atoms with van der Waals surface area (Å²) in [5.41, 5.74) is 0.630. The molecule has 0 radical (unpaired) electrons. The molecule has 0 aliphatic heterocycles. The van der Waals surface area contributed by atoms with E-state index in [4.69, 9.17) is 0 Å². The van der Waals surface area contributed by atoms with Crippen LogP contribution in [0.25, 0.3) is 0 Å². The molecule has 4 heteroatoms. The molecule has 3 saturated carbocycles. The van der Waals surface area contributed by atoms with Crippen molar-refractivity contribution in [3.8, 4) is 0 Å². The Labute approximate surface area is 207 Å². The fourth-order valence-electron chi connectivity index (χ4n) is 9.61. The number of aliphatic hydroxyl groups excluding tert-OH is 2. The average Bonchev–Trinajstić information content (AvgIpc) is 3.01. The van der Waals surface area contributed by atoms with E-state index in [0.29, 0.717) is 30.0 Å². The summed E-state index contributed by atoms with van der Waals surface area (Å²) in [5.74, 6) is 2.19. The molecule has 0 spiro atoms. The van der Waals surface area contributed by atoms with Gasteiger partial charge < -0.3 is 15.3 Å². The van der Waals surface area contributed by atoms with E-state index in [1.54, 1.807) is 19.4 Å². The van der Waals surface area contributed by atoms with Gasteiger partial charge >= 0.3 is 0 Å². The lowest BCUT2D eigenvalue weighted by atomic mass is 9.41. The summed E-state index contributed by atoms with van der Waals surface area (Å²) < 4.78 is 0. The van der Waals surface area contributed by atoms with E-state index in [-0.39, 0.29) is 27.6 Å². The number of rotatable bonds is 5. The predicted molar refractivity (Wildman–Crippen MR) is 136 cm³/mol. The first-order valence-electron chi connectivity index (χ1n) is 13.8. The van der Waals surface area contributed by atoms with Gasteiger partial charge in [0.25, 0.3) is 0 Å². The maximum atomic E-state index is 12.8. The second-order valence-electron chi connectivity index (χ2n) is 14.5. The Kier molecular flexibility index (Phi) is 6.32.